The van der Waals surface area contributed by atoms with Gasteiger partial charge in [-0.3, -0.25) is 19.7 Å². The number of amides is 2. The van der Waals surface area contributed by atoms with Crippen molar-refractivity contribution >= 4 is 35.3 Å². The molecule has 0 aliphatic rings. The third-order valence-corrected chi connectivity index (χ3v) is 2.09. The first kappa shape index (κ1) is 14.4. The summed E-state index contributed by atoms with van der Waals surface area (Å²) in [6.45, 7) is 0. The second kappa shape index (κ2) is 5.78. The van der Waals surface area contributed by atoms with Gasteiger partial charge in [0.15, 0.2) is 0 Å². The molecule has 0 aliphatic heterocycles. The van der Waals surface area contributed by atoms with Gasteiger partial charge in [0, 0.05) is 16.7 Å². The standard InChI is InChI=1S/C9H7ClN4O5/c10-5-1-4(3-12-13-9(17)8(11)16)7(15)6(2-5)14(18)19/h1-3,15H,(H2,11,16)(H,13,17)/b12-3+. The fourth-order valence-electron chi connectivity index (χ4n) is 1.06. The minimum Gasteiger partial charge on any atom is -0.502 e. The first-order chi connectivity index (χ1) is 8.82. The Morgan fingerprint density at radius 1 is 1.53 bits per heavy atom. The summed E-state index contributed by atoms with van der Waals surface area (Å²) in [4.78, 5) is 30.9. The second-order valence-corrected chi connectivity index (χ2v) is 3.62. The fraction of sp³-hybridized carbons (Fsp3) is 0. The monoisotopic (exact) mass is 286 g/mol. The van der Waals surface area contributed by atoms with Crippen molar-refractivity contribution in [3.05, 3.63) is 32.8 Å². The molecule has 0 saturated heterocycles. The van der Waals surface area contributed by atoms with E-state index in [9.17, 15) is 24.8 Å². The van der Waals surface area contributed by atoms with Crippen molar-refractivity contribution < 1.29 is 19.6 Å². The van der Waals surface area contributed by atoms with Crippen LogP contribution in [0.15, 0.2) is 17.2 Å². The van der Waals surface area contributed by atoms with Gasteiger partial charge in [-0.1, -0.05) is 11.6 Å². The number of nitro groups is 1. The lowest BCUT2D eigenvalue weighted by molar-refractivity contribution is -0.385. The van der Waals surface area contributed by atoms with Crippen molar-refractivity contribution in [3.8, 4) is 5.75 Å². The Balaban J connectivity index is 3.02. The highest BCUT2D eigenvalue weighted by molar-refractivity contribution is 6.34. The van der Waals surface area contributed by atoms with E-state index in [0.29, 0.717) is 0 Å². The van der Waals surface area contributed by atoms with Gasteiger partial charge in [0.05, 0.1) is 11.1 Å². The van der Waals surface area contributed by atoms with E-state index in [2.05, 4.69) is 10.8 Å². The molecule has 10 heteroatoms. The molecule has 100 valence electrons. The normalized spacial score (nSPS) is 10.4. The number of phenols is 1. The van der Waals surface area contributed by atoms with Crippen molar-refractivity contribution in [1.82, 2.24) is 5.43 Å². The molecule has 0 fully saturated rings. The van der Waals surface area contributed by atoms with Crippen LogP contribution in [-0.2, 0) is 9.59 Å². The van der Waals surface area contributed by atoms with Crippen LogP contribution in [0.3, 0.4) is 0 Å². The van der Waals surface area contributed by atoms with E-state index in [0.717, 1.165) is 12.3 Å². The second-order valence-electron chi connectivity index (χ2n) is 3.18. The molecule has 0 unspecified atom stereocenters. The number of nitrogens with two attached hydrogens (primary N) is 1. The summed E-state index contributed by atoms with van der Waals surface area (Å²) < 4.78 is 0. The predicted octanol–water partition coefficient (Wildman–Crippen LogP) is -0.111. The summed E-state index contributed by atoms with van der Waals surface area (Å²) in [6, 6.07) is 2.14. The summed E-state index contributed by atoms with van der Waals surface area (Å²) in [5.74, 6) is -3.10. The minimum absolute atomic E-state index is 0.00724. The average molecular weight is 287 g/mol. The van der Waals surface area contributed by atoms with Gasteiger partial charge in [0.2, 0.25) is 5.75 Å². The number of nitrogens with one attached hydrogen (secondary N) is 1. The molecule has 0 heterocycles. The molecule has 9 nitrogen and oxygen atoms in total. The Labute approximate surface area is 110 Å². The number of nitrogens with zero attached hydrogens (tertiary/aromatic N) is 2. The molecule has 2 amide bonds. The van der Waals surface area contributed by atoms with Gasteiger partial charge >= 0.3 is 17.5 Å². The number of halogens is 1. The van der Waals surface area contributed by atoms with Crippen LogP contribution in [0.4, 0.5) is 5.69 Å². The van der Waals surface area contributed by atoms with E-state index in [-0.39, 0.29) is 10.6 Å². The van der Waals surface area contributed by atoms with Crippen molar-refractivity contribution in [1.29, 1.82) is 0 Å². The van der Waals surface area contributed by atoms with Gasteiger partial charge in [-0.2, -0.15) is 5.10 Å². The van der Waals surface area contributed by atoms with Gasteiger partial charge in [0.25, 0.3) is 0 Å². The Morgan fingerprint density at radius 3 is 2.68 bits per heavy atom. The number of nitro benzene ring substituents is 1. The molecule has 19 heavy (non-hydrogen) atoms. The zero-order valence-electron chi connectivity index (χ0n) is 9.16. The van der Waals surface area contributed by atoms with E-state index < -0.39 is 28.2 Å². The number of hydrogen-bond donors (Lipinski definition) is 3. The summed E-state index contributed by atoms with van der Waals surface area (Å²) in [5, 5.41) is 23.5. The molecule has 1 aromatic carbocycles. The lowest BCUT2D eigenvalue weighted by Gasteiger charge is -2.01. The van der Waals surface area contributed by atoms with Crippen molar-refractivity contribution in [2.45, 2.75) is 0 Å². The van der Waals surface area contributed by atoms with Crippen LogP contribution in [0, 0.1) is 10.1 Å². The highest BCUT2D eigenvalue weighted by Gasteiger charge is 2.17. The quantitative estimate of drug-likeness (QED) is 0.307. The summed E-state index contributed by atoms with van der Waals surface area (Å²) >= 11 is 5.62. The summed E-state index contributed by atoms with van der Waals surface area (Å²) in [5.41, 5.74) is 5.68. The molecular formula is C9H7ClN4O5. The molecule has 0 atom stereocenters. The maximum absolute atomic E-state index is 10.8. The Bertz CT molecular complexity index is 586. The molecule has 0 bridgehead atoms. The van der Waals surface area contributed by atoms with Crippen LogP contribution >= 0.6 is 11.6 Å². The van der Waals surface area contributed by atoms with Gasteiger partial charge in [-0.25, -0.2) is 5.43 Å². The van der Waals surface area contributed by atoms with E-state index >= 15 is 0 Å². The Kier molecular flexibility index (Phi) is 4.37. The van der Waals surface area contributed by atoms with Crippen LogP contribution < -0.4 is 11.2 Å². The van der Waals surface area contributed by atoms with Crippen LogP contribution in [0.1, 0.15) is 5.56 Å². The SMILES string of the molecule is NC(=O)C(=O)N/N=C/c1cc(Cl)cc([N+](=O)[O-])c1O. The van der Waals surface area contributed by atoms with Crippen molar-refractivity contribution in [2.75, 3.05) is 0 Å². The average Bonchev–Trinajstić information content (AvgIpc) is 2.32. The molecule has 0 spiro atoms. The van der Waals surface area contributed by atoms with Gasteiger partial charge < -0.3 is 10.8 Å². The van der Waals surface area contributed by atoms with Gasteiger partial charge in [-0.15, -0.1) is 0 Å². The fourth-order valence-corrected chi connectivity index (χ4v) is 1.28. The minimum atomic E-state index is -1.25. The Hall–Kier alpha value is -2.68. The number of rotatable bonds is 3. The van der Waals surface area contributed by atoms with E-state index in [1.807, 2.05) is 0 Å². The molecule has 0 aromatic heterocycles. The van der Waals surface area contributed by atoms with Crippen LogP contribution in [-0.4, -0.2) is 28.1 Å². The smallest absolute Gasteiger partial charge is 0.329 e. The van der Waals surface area contributed by atoms with Gasteiger partial charge in [0.1, 0.15) is 0 Å². The number of phenolic OH excluding ortho intramolecular Hbond substituents is 1. The Morgan fingerprint density at radius 2 is 2.16 bits per heavy atom. The van der Waals surface area contributed by atoms with Gasteiger partial charge in [-0.05, 0) is 6.07 Å². The first-order valence-corrected chi connectivity index (χ1v) is 5.00. The number of hydrogen-bond acceptors (Lipinski definition) is 6. The van der Waals surface area contributed by atoms with Crippen molar-refractivity contribution in [2.24, 2.45) is 10.8 Å². The van der Waals surface area contributed by atoms with Crippen LogP contribution in [0.2, 0.25) is 5.02 Å². The number of hydrazone groups is 1. The highest BCUT2D eigenvalue weighted by atomic mass is 35.5. The lowest BCUT2D eigenvalue weighted by Crippen LogP contribution is -2.32. The number of aromatic hydroxyl groups is 1. The predicted molar refractivity (Wildman–Crippen MR) is 64.7 cm³/mol. The third-order valence-electron chi connectivity index (χ3n) is 1.87. The first-order valence-electron chi connectivity index (χ1n) is 4.62. The molecule has 0 radical (unpaired) electrons. The zero-order valence-corrected chi connectivity index (χ0v) is 9.92. The molecule has 0 saturated carbocycles. The largest absolute Gasteiger partial charge is 0.502 e. The van der Waals surface area contributed by atoms with Crippen LogP contribution in [0.25, 0.3) is 0 Å². The number of carbonyl (C=O) groups excluding carboxylic acids is 2. The number of benzene rings is 1. The molecule has 1 rings (SSSR count). The molecule has 0 aliphatic carbocycles. The lowest BCUT2D eigenvalue weighted by atomic mass is 10.2. The van der Waals surface area contributed by atoms with Crippen molar-refractivity contribution in [3.63, 3.8) is 0 Å². The van der Waals surface area contributed by atoms with E-state index in [1.165, 1.54) is 6.07 Å². The molecular weight excluding hydrogens is 280 g/mol. The van der Waals surface area contributed by atoms with Crippen LogP contribution in [0.5, 0.6) is 5.75 Å². The maximum Gasteiger partial charge on any atom is 0.329 e. The molecule has 1 aromatic rings. The topological polar surface area (TPSA) is 148 Å². The number of carbonyl (C=O) groups is 2. The van der Waals surface area contributed by atoms with E-state index in [1.54, 1.807) is 5.43 Å². The maximum atomic E-state index is 10.8. The summed E-state index contributed by atoms with van der Waals surface area (Å²) in [7, 11) is 0. The summed E-state index contributed by atoms with van der Waals surface area (Å²) in [6.07, 6.45) is 0.884. The van der Waals surface area contributed by atoms with E-state index in [4.69, 9.17) is 11.6 Å². The highest BCUT2D eigenvalue weighted by Crippen LogP contribution is 2.32. The third kappa shape index (κ3) is 3.64. The number of primary amides is 1. The molecule has 4 N–H and O–H groups in total. The zero-order chi connectivity index (χ0) is 14.6.